The lowest BCUT2D eigenvalue weighted by molar-refractivity contribution is -0.136. The fourth-order valence-corrected chi connectivity index (χ4v) is 4.77. The van der Waals surface area contributed by atoms with Gasteiger partial charge >= 0.3 is 5.97 Å². The molecule has 0 amide bonds. The lowest BCUT2D eigenvalue weighted by Crippen LogP contribution is -2.55. The summed E-state index contributed by atoms with van der Waals surface area (Å²) in [6, 6.07) is 0. The predicted molar refractivity (Wildman–Crippen MR) is 63.4 cm³/mol. The number of carboxylic acids is 1. The fourth-order valence-electron chi connectivity index (χ4n) is 4.77. The van der Waals surface area contributed by atoms with Crippen molar-refractivity contribution in [2.75, 3.05) is 0 Å². The van der Waals surface area contributed by atoms with Crippen LogP contribution in [0.15, 0.2) is 11.6 Å². The van der Waals surface area contributed by atoms with Crippen LogP contribution in [0.1, 0.15) is 39.0 Å². The van der Waals surface area contributed by atoms with Gasteiger partial charge in [-0.2, -0.15) is 0 Å². The number of hydrogen-bond acceptors (Lipinski definition) is 2. The Labute approximate surface area is 102 Å². The van der Waals surface area contributed by atoms with E-state index in [2.05, 4.69) is 0 Å². The van der Waals surface area contributed by atoms with Crippen LogP contribution in [0.2, 0.25) is 0 Å². The summed E-state index contributed by atoms with van der Waals surface area (Å²) in [6.45, 7) is 1.65. The van der Waals surface area contributed by atoms with Crippen molar-refractivity contribution >= 4 is 5.97 Å². The van der Waals surface area contributed by atoms with Crippen LogP contribution in [0, 0.1) is 23.2 Å². The lowest BCUT2D eigenvalue weighted by atomic mass is 9.48. The van der Waals surface area contributed by atoms with Crippen LogP contribution in [0.4, 0.5) is 0 Å². The van der Waals surface area contributed by atoms with E-state index >= 15 is 0 Å². The normalized spacial score (nSPS) is 48.5. The minimum absolute atomic E-state index is 0.225. The molecule has 4 aliphatic carbocycles. The number of aliphatic hydroxyl groups excluding tert-OH is 1. The number of aliphatic carboxylic acids is 1. The van der Waals surface area contributed by atoms with Crippen LogP contribution in [0.3, 0.4) is 0 Å². The molecule has 0 aromatic heterocycles. The van der Waals surface area contributed by atoms with Crippen molar-refractivity contribution in [1.29, 1.82) is 0 Å². The second-order valence-corrected chi connectivity index (χ2v) is 6.42. The molecule has 0 aliphatic heterocycles. The third kappa shape index (κ3) is 1.63. The summed E-state index contributed by atoms with van der Waals surface area (Å²) in [5.41, 5.74) is 0.169. The summed E-state index contributed by atoms with van der Waals surface area (Å²) >= 11 is 0. The molecule has 0 aromatic rings. The van der Waals surface area contributed by atoms with Gasteiger partial charge < -0.3 is 10.2 Å². The number of carboxylic acid groups (broad SMARTS) is 1. The van der Waals surface area contributed by atoms with Gasteiger partial charge in [-0.25, -0.2) is 4.79 Å². The first-order valence-corrected chi connectivity index (χ1v) is 6.61. The molecular weight excluding hydrogens is 216 g/mol. The number of hydrogen-bond donors (Lipinski definition) is 2. The molecule has 3 unspecified atom stereocenters. The summed E-state index contributed by atoms with van der Waals surface area (Å²) in [7, 11) is 0. The maximum Gasteiger partial charge on any atom is 0.330 e. The zero-order valence-electron chi connectivity index (χ0n) is 10.2. The minimum Gasteiger partial charge on any atom is -0.478 e. The molecule has 2 N–H and O–H groups in total. The maximum absolute atomic E-state index is 11.0. The summed E-state index contributed by atoms with van der Waals surface area (Å²) < 4.78 is 0. The van der Waals surface area contributed by atoms with E-state index < -0.39 is 5.97 Å². The van der Waals surface area contributed by atoms with Gasteiger partial charge in [0.1, 0.15) is 0 Å². The van der Waals surface area contributed by atoms with Gasteiger partial charge in [-0.3, -0.25) is 0 Å². The number of rotatable bonds is 2. The topological polar surface area (TPSA) is 57.5 Å². The molecule has 4 fully saturated rings. The highest BCUT2D eigenvalue weighted by Crippen LogP contribution is 2.60. The van der Waals surface area contributed by atoms with Gasteiger partial charge in [-0.15, -0.1) is 0 Å². The molecule has 3 heteroatoms. The van der Waals surface area contributed by atoms with Gasteiger partial charge in [-0.05, 0) is 56.8 Å². The van der Waals surface area contributed by atoms with Gasteiger partial charge in [0.25, 0.3) is 0 Å². The monoisotopic (exact) mass is 236 g/mol. The fraction of sp³-hybridized carbons (Fsp3) is 0.786. The molecule has 94 valence electrons. The Kier molecular flexibility index (Phi) is 2.37. The van der Waals surface area contributed by atoms with E-state index in [0.29, 0.717) is 23.3 Å². The lowest BCUT2D eigenvalue weighted by Gasteiger charge is -2.58. The smallest absolute Gasteiger partial charge is 0.330 e. The van der Waals surface area contributed by atoms with Crippen LogP contribution < -0.4 is 0 Å². The average Bonchev–Trinajstić information content (AvgIpc) is 2.24. The Morgan fingerprint density at radius 2 is 1.82 bits per heavy atom. The highest BCUT2D eigenvalue weighted by Gasteiger charge is 2.55. The largest absolute Gasteiger partial charge is 0.478 e. The summed E-state index contributed by atoms with van der Waals surface area (Å²) in [5, 5.41) is 19.5. The van der Waals surface area contributed by atoms with Gasteiger partial charge in [0, 0.05) is 11.0 Å². The Morgan fingerprint density at radius 3 is 2.35 bits per heavy atom. The third-order valence-electron chi connectivity index (χ3n) is 5.15. The van der Waals surface area contributed by atoms with E-state index in [9.17, 15) is 9.90 Å². The molecule has 0 saturated heterocycles. The predicted octanol–water partition coefficient (Wildman–Crippen LogP) is 2.20. The van der Waals surface area contributed by atoms with E-state index in [0.717, 1.165) is 25.7 Å². The molecule has 3 nitrogen and oxygen atoms in total. The Balaban J connectivity index is 1.95. The minimum atomic E-state index is -0.854. The summed E-state index contributed by atoms with van der Waals surface area (Å²) in [4.78, 5) is 11.0. The van der Waals surface area contributed by atoms with Crippen LogP contribution in [-0.4, -0.2) is 22.3 Å². The standard InChI is InChI=1S/C14H20O3/c1-8(13(16)17)5-14-6-9-2-10(7-14)4-11(3-9)12(14)15/h5,9-12,15H,2-4,6-7H2,1H3,(H,16,17). The molecule has 0 spiro atoms. The highest BCUT2D eigenvalue weighted by atomic mass is 16.4. The zero-order chi connectivity index (χ0) is 12.2. The average molecular weight is 236 g/mol. The van der Waals surface area contributed by atoms with Crippen LogP contribution >= 0.6 is 0 Å². The molecule has 0 aromatic carbocycles. The van der Waals surface area contributed by atoms with E-state index in [1.807, 2.05) is 6.08 Å². The van der Waals surface area contributed by atoms with E-state index in [1.165, 1.54) is 6.42 Å². The summed E-state index contributed by atoms with van der Waals surface area (Å²) in [5.74, 6) is 0.995. The third-order valence-corrected chi connectivity index (χ3v) is 5.15. The van der Waals surface area contributed by atoms with Gasteiger partial charge in [-0.1, -0.05) is 6.08 Å². The second kappa shape index (κ2) is 3.58. The van der Waals surface area contributed by atoms with Crippen LogP contribution in [0.25, 0.3) is 0 Å². The summed E-state index contributed by atoms with van der Waals surface area (Å²) in [6.07, 6.45) is 7.13. The Morgan fingerprint density at radius 1 is 1.24 bits per heavy atom. The molecule has 3 atom stereocenters. The van der Waals surface area contributed by atoms with Crippen molar-refractivity contribution in [2.45, 2.75) is 45.1 Å². The van der Waals surface area contributed by atoms with Crippen molar-refractivity contribution in [3.05, 3.63) is 11.6 Å². The number of carbonyl (C=O) groups is 1. The van der Waals surface area contributed by atoms with Gasteiger partial charge in [0.2, 0.25) is 0 Å². The second-order valence-electron chi connectivity index (χ2n) is 6.42. The molecule has 4 bridgehead atoms. The first kappa shape index (κ1) is 11.3. The zero-order valence-corrected chi connectivity index (χ0v) is 10.2. The Hall–Kier alpha value is -0.830. The molecule has 0 radical (unpaired) electrons. The quantitative estimate of drug-likeness (QED) is 0.723. The molecule has 17 heavy (non-hydrogen) atoms. The van der Waals surface area contributed by atoms with Gasteiger partial charge in [0.05, 0.1) is 6.10 Å². The highest BCUT2D eigenvalue weighted by molar-refractivity contribution is 5.85. The molecule has 4 rings (SSSR count). The maximum atomic E-state index is 11.0. The van der Waals surface area contributed by atoms with Gasteiger partial charge in [0.15, 0.2) is 0 Å². The first-order valence-electron chi connectivity index (χ1n) is 6.61. The molecular formula is C14H20O3. The van der Waals surface area contributed by atoms with E-state index in [1.54, 1.807) is 6.92 Å². The van der Waals surface area contributed by atoms with E-state index in [-0.39, 0.29) is 11.5 Å². The van der Waals surface area contributed by atoms with Crippen LogP contribution in [-0.2, 0) is 4.79 Å². The number of aliphatic hydroxyl groups is 1. The van der Waals surface area contributed by atoms with E-state index in [4.69, 9.17) is 5.11 Å². The molecule has 4 saturated carbocycles. The SMILES string of the molecule is CC(=CC12CC3CC(CC(C3)C1O)C2)C(=O)O. The van der Waals surface area contributed by atoms with Crippen molar-refractivity contribution in [3.8, 4) is 0 Å². The van der Waals surface area contributed by atoms with Crippen molar-refractivity contribution in [1.82, 2.24) is 0 Å². The first-order chi connectivity index (χ1) is 8.00. The van der Waals surface area contributed by atoms with Crippen molar-refractivity contribution < 1.29 is 15.0 Å². The van der Waals surface area contributed by atoms with Crippen molar-refractivity contribution in [2.24, 2.45) is 23.2 Å². The molecule has 0 heterocycles. The Bertz CT molecular complexity index is 371. The van der Waals surface area contributed by atoms with Crippen molar-refractivity contribution in [3.63, 3.8) is 0 Å². The van der Waals surface area contributed by atoms with Crippen LogP contribution in [0.5, 0.6) is 0 Å². The molecule has 4 aliphatic rings.